The second kappa shape index (κ2) is 9.21. The van der Waals surface area contributed by atoms with Gasteiger partial charge in [-0.15, -0.1) is 0 Å². The van der Waals surface area contributed by atoms with Gasteiger partial charge in [0.15, 0.2) is 0 Å². The van der Waals surface area contributed by atoms with Crippen molar-refractivity contribution in [3.63, 3.8) is 0 Å². The van der Waals surface area contributed by atoms with Crippen molar-refractivity contribution in [3.8, 4) is 5.75 Å². The number of anilines is 1. The molecule has 0 saturated heterocycles. The number of hydrogen-bond acceptors (Lipinski definition) is 5. The highest BCUT2D eigenvalue weighted by Crippen LogP contribution is 2.19. The maximum absolute atomic E-state index is 12.4. The van der Waals surface area contributed by atoms with Gasteiger partial charge in [0, 0.05) is 26.3 Å². The molecule has 1 unspecified atom stereocenters. The second-order valence-electron chi connectivity index (χ2n) is 7.03. The van der Waals surface area contributed by atoms with E-state index in [0.717, 1.165) is 5.69 Å². The molecule has 0 bridgehead atoms. The molecule has 6 nitrogen and oxygen atoms in total. The number of aliphatic hydroxyl groups excluding tert-OH is 1. The average molecular weight is 393 g/mol. The van der Waals surface area contributed by atoms with Gasteiger partial charge >= 0.3 is 0 Å². The van der Waals surface area contributed by atoms with Crippen molar-refractivity contribution in [2.24, 2.45) is 5.92 Å². The molecule has 148 valence electrons. The first-order chi connectivity index (χ1) is 12.7. The molecule has 27 heavy (non-hydrogen) atoms. The number of rotatable bonds is 9. The Morgan fingerprint density at radius 2 is 1.63 bits per heavy atom. The van der Waals surface area contributed by atoms with E-state index in [1.165, 1.54) is 12.1 Å². The third kappa shape index (κ3) is 6.23. The fourth-order valence-electron chi connectivity index (χ4n) is 2.36. The third-order valence-corrected chi connectivity index (χ3v) is 5.42. The number of aliphatic hydroxyl groups is 1. The molecule has 2 rings (SSSR count). The van der Waals surface area contributed by atoms with Crippen molar-refractivity contribution in [2.75, 3.05) is 32.1 Å². The standard InChI is InChI=1S/C20H28N2O4S/c1-15(2)14-26-18-9-11-19(12-10-18)27(24,25)21-13-20(23)16-5-7-17(8-6-16)22(3)4/h5-12,15,20-21,23H,13-14H2,1-4H3. The van der Waals surface area contributed by atoms with E-state index in [2.05, 4.69) is 4.72 Å². The van der Waals surface area contributed by atoms with Gasteiger partial charge in [-0.25, -0.2) is 13.1 Å². The van der Waals surface area contributed by atoms with Crippen molar-refractivity contribution in [1.29, 1.82) is 0 Å². The van der Waals surface area contributed by atoms with Crippen molar-refractivity contribution in [1.82, 2.24) is 4.72 Å². The lowest BCUT2D eigenvalue weighted by molar-refractivity contribution is 0.182. The number of nitrogens with zero attached hydrogens (tertiary/aromatic N) is 1. The normalized spacial score (nSPS) is 12.8. The molecule has 0 radical (unpaired) electrons. The number of nitrogens with one attached hydrogen (secondary N) is 1. The molecule has 0 fully saturated rings. The van der Waals surface area contributed by atoms with E-state index in [1.54, 1.807) is 24.3 Å². The summed E-state index contributed by atoms with van der Waals surface area (Å²) in [7, 11) is 0.152. The zero-order chi connectivity index (χ0) is 20.0. The third-order valence-electron chi connectivity index (χ3n) is 3.98. The van der Waals surface area contributed by atoms with E-state index >= 15 is 0 Å². The van der Waals surface area contributed by atoms with Gasteiger partial charge in [-0.1, -0.05) is 26.0 Å². The number of benzene rings is 2. The summed E-state index contributed by atoms with van der Waals surface area (Å²) in [5, 5.41) is 10.3. The Balaban J connectivity index is 1.97. The molecular formula is C20H28N2O4S. The molecule has 0 aliphatic carbocycles. The van der Waals surface area contributed by atoms with Crippen LogP contribution in [0.25, 0.3) is 0 Å². The highest BCUT2D eigenvalue weighted by molar-refractivity contribution is 7.89. The van der Waals surface area contributed by atoms with Crippen LogP contribution >= 0.6 is 0 Å². The van der Waals surface area contributed by atoms with Crippen molar-refractivity contribution in [3.05, 3.63) is 54.1 Å². The summed E-state index contributed by atoms with van der Waals surface area (Å²) < 4.78 is 32.8. The van der Waals surface area contributed by atoms with Crippen LogP contribution in [0.3, 0.4) is 0 Å². The Labute approximate surface area is 161 Å². The predicted molar refractivity (Wildman–Crippen MR) is 108 cm³/mol. The minimum Gasteiger partial charge on any atom is -0.493 e. The van der Waals surface area contributed by atoms with Gasteiger partial charge < -0.3 is 14.7 Å². The van der Waals surface area contributed by atoms with E-state index in [1.807, 2.05) is 45.0 Å². The topological polar surface area (TPSA) is 78.9 Å². The second-order valence-corrected chi connectivity index (χ2v) is 8.80. The van der Waals surface area contributed by atoms with Crippen LogP contribution in [0, 0.1) is 5.92 Å². The molecule has 0 aliphatic heterocycles. The number of hydrogen-bond donors (Lipinski definition) is 2. The lowest BCUT2D eigenvalue weighted by Gasteiger charge is -2.16. The molecule has 0 aliphatic rings. The lowest BCUT2D eigenvalue weighted by atomic mass is 10.1. The fraction of sp³-hybridized carbons (Fsp3) is 0.400. The first-order valence-electron chi connectivity index (χ1n) is 8.87. The summed E-state index contributed by atoms with van der Waals surface area (Å²) >= 11 is 0. The van der Waals surface area contributed by atoms with Gasteiger partial charge in [0.2, 0.25) is 10.0 Å². The summed E-state index contributed by atoms with van der Waals surface area (Å²) in [6.45, 7) is 4.56. The molecule has 2 aromatic rings. The van der Waals surface area contributed by atoms with E-state index in [9.17, 15) is 13.5 Å². The van der Waals surface area contributed by atoms with Gasteiger partial charge in [0.1, 0.15) is 5.75 Å². The van der Waals surface area contributed by atoms with Crippen LogP contribution in [-0.4, -0.2) is 40.8 Å². The van der Waals surface area contributed by atoms with Crippen LogP contribution in [0.1, 0.15) is 25.5 Å². The van der Waals surface area contributed by atoms with Crippen LogP contribution in [0.15, 0.2) is 53.4 Å². The van der Waals surface area contributed by atoms with Crippen LogP contribution in [-0.2, 0) is 10.0 Å². The molecule has 0 amide bonds. The van der Waals surface area contributed by atoms with Gasteiger partial charge in [-0.05, 0) is 47.9 Å². The first kappa shape index (κ1) is 21.2. The lowest BCUT2D eigenvalue weighted by Crippen LogP contribution is -2.28. The zero-order valence-electron chi connectivity index (χ0n) is 16.2. The minimum atomic E-state index is -3.71. The van der Waals surface area contributed by atoms with E-state index < -0.39 is 16.1 Å². The van der Waals surface area contributed by atoms with Crippen molar-refractivity contribution < 1.29 is 18.3 Å². The highest BCUT2D eigenvalue weighted by Gasteiger charge is 2.17. The SMILES string of the molecule is CC(C)COc1ccc(S(=O)(=O)NCC(O)c2ccc(N(C)C)cc2)cc1. The number of sulfonamides is 1. The van der Waals surface area contributed by atoms with E-state index in [4.69, 9.17) is 4.74 Å². The molecule has 1 atom stereocenters. The molecule has 0 spiro atoms. The smallest absolute Gasteiger partial charge is 0.240 e. The summed E-state index contributed by atoms with van der Waals surface area (Å²) in [5.41, 5.74) is 1.66. The maximum atomic E-state index is 12.4. The first-order valence-corrected chi connectivity index (χ1v) is 10.3. The average Bonchev–Trinajstić information content (AvgIpc) is 2.65. The molecular weight excluding hydrogens is 364 g/mol. The van der Waals surface area contributed by atoms with E-state index in [-0.39, 0.29) is 11.4 Å². The zero-order valence-corrected chi connectivity index (χ0v) is 17.0. The fourth-order valence-corrected chi connectivity index (χ4v) is 3.40. The summed E-state index contributed by atoms with van der Waals surface area (Å²) in [6, 6.07) is 13.6. The maximum Gasteiger partial charge on any atom is 0.240 e. The Hall–Kier alpha value is -2.09. The number of ether oxygens (including phenoxy) is 1. The van der Waals surface area contributed by atoms with Gasteiger partial charge in [0.05, 0.1) is 17.6 Å². The Morgan fingerprint density at radius 1 is 1.04 bits per heavy atom. The largest absolute Gasteiger partial charge is 0.493 e. The van der Waals surface area contributed by atoms with Crippen LogP contribution < -0.4 is 14.4 Å². The quantitative estimate of drug-likeness (QED) is 0.686. The molecule has 2 aromatic carbocycles. The van der Waals surface area contributed by atoms with Gasteiger partial charge in [-0.3, -0.25) is 0 Å². The molecule has 2 N–H and O–H groups in total. The minimum absolute atomic E-state index is 0.102. The molecule has 0 saturated carbocycles. The Kier molecular flexibility index (Phi) is 7.24. The molecule has 0 heterocycles. The van der Waals surface area contributed by atoms with Crippen molar-refractivity contribution in [2.45, 2.75) is 24.8 Å². The summed E-state index contributed by atoms with van der Waals surface area (Å²) in [4.78, 5) is 2.09. The van der Waals surface area contributed by atoms with Crippen LogP contribution in [0.4, 0.5) is 5.69 Å². The Bertz CT molecular complexity index is 816. The molecule has 0 aromatic heterocycles. The van der Waals surface area contributed by atoms with Crippen LogP contribution in [0.5, 0.6) is 5.75 Å². The Morgan fingerprint density at radius 3 is 2.15 bits per heavy atom. The van der Waals surface area contributed by atoms with E-state index in [0.29, 0.717) is 23.8 Å². The van der Waals surface area contributed by atoms with Crippen molar-refractivity contribution >= 4 is 15.7 Å². The van der Waals surface area contributed by atoms with Crippen LogP contribution in [0.2, 0.25) is 0 Å². The summed E-state index contributed by atoms with van der Waals surface area (Å²) in [6.07, 6.45) is -0.926. The van der Waals surface area contributed by atoms with Gasteiger partial charge in [0.25, 0.3) is 0 Å². The predicted octanol–water partition coefficient (Wildman–Crippen LogP) is 2.80. The monoisotopic (exact) mass is 392 g/mol. The summed E-state index contributed by atoms with van der Waals surface area (Å²) in [5.74, 6) is 1.02. The molecule has 7 heteroatoms. The highest BCUT2D eigenvalue weighted by atomic mass is 32.2. The van der Waals surface area contributed by atoms with Gasteiger partial charge in [-0.2, -0.15) is 0 Å².